The summed E-state index contributed by atoms with van der Waals surface area (Å²) >= 11 is 2.15. The molecule has 0 amide bonds. The lowest BCUT2D eigenvalue weighted by Crippen LogP contribution is -2.03. The fourth-order valence-corrected chi connectivity index (χ4v) is 0.760. The van der Waals surface area contributed by atoms with Crippen LogP contribution < -0.4 is 0 Å². The molecular weight excluding hydrogens is 184 g/mol. The highest BCUT2D eigenvalue weighted by Gasteiger charge is 1.99. The monoisotopic (exact) mass is 192 g/mol. The van der Waals surface area contributed by atoms with Gasteiger partial charge < -0.3 is 0 Å². The maximum atomic E-state index is 10.2. The Morgan fingerprint density at radius 2 is 2.29 bits per heavy atom. The first kappa shape index (κ1) is 2.80. The lowest BCUT2D eigenvalue weighted by Gasteiger charge is -1.84. The second-order valence-corrected chi connectivity index (χ2v) is 2.22. The molecule has 0 saturated heterocycles. The van der Waals surface area contributed by atoms with Gasteiger partial charge in [0.15, 0.2) is 0 Å². The number of halogens is 1. The molecule has 5 heteroatoms. The second kappa shape index (κ2) is 2.64. The van der Waals surface area contributed by atoms with Gasteiger partial charge in [-0.25, -0.2) is 0 Å². The number of hydrogen-bond acceptors (Lipinski definition) is 2. The van der Waals surface area contributed by atoms with E-state index in [1.54, 1.807) is 0 Å². The van der Waals surface area contributed by atoms with Crippen LogP contribution in [-0.2, 0) is 10.1 Å². The standard InChI is InChI=1S/C2H5BrO3S/c3-1-2-7(4,5)6/h1-2H2,(H,4,5,6)/i1D2,2D2. The highest BCUT2D eigenvalue weighted by molar-refractivity contribution is 9.09. The average Bonchev–Trinajstić information content (AvgIpc) is 1.58. The summed E-state index contributed by atoms with van der Waals surface area (Å²) < 4.78 is 55.2. The zero-order chi connectivity index (χ0) is 9.50. The predicted molar refractivity (Wildman–Crippen MR) is 30.2 cm³/mol. The Balaban J connectivity index is 5.08. The molecule has 0 atom stereocenters. The molecule has 0 aromatic carbocycles. The van der Waals surface area contributed by atoms with Gasteiger partial charge in [-0.1, -0.05) is 15.9 Å². The van der Waals surface area contributed by atoms with Gasteiger partial charge >= 0.3 is 0 Å². The van der Waals surface area contributed by atoms with E-state index in [0.717, 1.165) is 0 Å². The summed E-state index contributed by atoms with van der Waals surface area (Å²) in [5, 5.41) is -2.81. The summed E-state index contributed by atoms with van der Waals surface area (Å²) in [4.78, 5) is 0. The largest absolute Gasteiger partial charge is 0.286 e. The Labute approximate surface area is 56.2 Å². The van der Waals surface area contributed by atoms with Crippen LogP contribution in [0.15, 0.2) is 0 Å². The van der Waals surface area contributed by atoms with Gasteiger partial charge in [0.25, 0.3) is 10.1 Å². The zero-order valence-electron chi connectivity index (χ0n) is 7.05. The lowest BCUT2D eigenvalue weighted by atomic mass is 11.0. The molecular formula is C2H5BrO3S. The van der Waals surface area contributed by atoms with Crippen LogP contribution >= 0.6 is 15.9 Å². The molecule has 0 fully saturated rings. The average molecular weight is 193 g/mol. The van der Waals surface area contributed by atoms with Crippen molar-refractivity contribution in [3.8, 4) is 0 Å². The molecule has 0 bridgehead atoms. The van der Waals surface area contributed by atoms with Crippen LogP contribution in [0.2, 0.25) is 0 Å². The van der Waals surface area contributed by atoms with Crippen molar-refractivity contribution in [2.45, 2.75) is 0 Å². The summed E-state index contributed by atoms with van der Waals surface area (Å²) in [6, 6.07) is 0. The summed E-state index contributed by atoms with van der Waals surface area (Å²) in [6.07, 6.45) is 0. The molecule has 0 saturated carbocycles. The van der Waals surface area contributed by atoms with Gasteiger partial charge in [0.1, 0.15) is 0 Å². The van der Waals surface area contributed by atoms with Gasteiger partial charge in [-0.2, -0.15) is 8.42 Å². The van der Waals surface area contributed by atoms with Gasteiger partial charge in [-0.15, -0.1) is 0 Å². The Morgan fingerprint density at radius 1 is 1.86 bits per heavy atom. The molecule has 0 aromatic rings. The summed E-state index contributed by atoms with van der Waals surface area (Å²) in [5.41, 5.74) is -3.35. The fraction of sp³-hybridized carbons (Fsp3) is 1.00. The first-order valence-electron chi connectivity index (χ1n) is 3.16. The molecule has 0 spiro atoms. The molecule has 1 N–H and O–H groups in total. The normalized spacial score (nSPS) is 24.3. The van der Waals surface area contributed by atoms with Gasteiger partial charge in [0.2, 0.25) is 0 Å². The van der Waals surface area contributed by atoms with E-state index in [2.05, 4.69) is 15.9 Å². The Kier molecular flexibility index (Phi) is 1.05. The van der Waals surface area contributed by atoms with Crippen molar-refractivity contribution in [2.24, 2.45) is 0 Å². The van der Waals surface area contributed by atoms with Crippen molar-refractivity contribution in [3.63, 3.8) is 0 Å². The van der Waals surface area contributed by atoms with E-state index in [0.29, 0.717) is 0 Å². The Bertz CT molecular complexity index is 241. The number of rotatable bonds is 2. The van der Waals surface area contributed by atoms with Crippen LogP contribution in [0.25, 0.3) is 0 Å². The van der Waals surface area contributed by atoms with E-state index < -0.39 is 21.1 Å². The van der Waals surface area contributed by atoms with E-state index in [4.69, 9.17) is 10.0 Å². The maximum absolute atomic E-state index is 10.2. The second-order valence-electron chi connectivity index (χ2n) is 0.672. The predicted octanol–water partition coefficient (Wildman–Crippen LogP) is 0.269. The summed E-state index contributed by atoms with van der Waals surface area (Å²) in [6.45, 7) is 0. The van der Waals surface area contributed by atoms with Crippen LogP contribution in [0.1, 0.15) is 5.48 Å². The van der Waals surface area contributed by atoms with Crippen molar-refractivity contribution in [1.29, 1.82) is 0 Å². The van der Waals surface area contributed by atoms with Crippen LogP contribution in [0, 0.1) is 0 Å². The quantitative estimate of drug-likeness (QED) is 0.505. The minimum Gasteiger partial charge on any atom is -0.286 e. The molecule has 0 radical (unpaired) electrons. The summed E-state index contributed by atoms with van der Waals surface area (Å²) in [5.74, 6) is 0. The van der Waals surface area contributed by atoms with Crippen molar-refractivity contribution in [1.82, 2.24) is 0 Å². The van der Waals surface area contributed by atoms with Crippen LogP contribution in [0.4, 0.5) is 0 Å². The van der Waals surface area contributed by atoms with E-state index >= 15 is 0 Å². The smallest absolute Gasteiger partial charge is 0.265 e. The van der Waals surface area contributed by atoms with E-state index in [1.807, 2.05) is 0 Å². The van der Waals surface area contributed by atoms with Crippen LogP contribution in [0.3, 0.4) is 0 Å². The van der Waals surface area contributed by atoms with E-state index in [-0.39, 0.29) is 0 Å². The molecule has 0 aromatic heterocycles. The third-order valence-corrected chi connectivity index (χ3v) is 0.988. The maximum Gasteiger partial charge on any atom is 0.265 e. The Hall–Kier alpha value is 0.390. The number of hydrogen-bond donors (Lipinski definition) is 1. The van der Waals surface area contributed by atoms with Gasteiger partial charge in [-0.3, -0.25) is 4.55 Å². The number of alkyl halides is 1. The van der Waals surface area contributed by atoms with Crippen molar-refractivity contribution in [3.05, 3.63) is 0 Å². The SMILES string of the molecule is [2H]C([2H])(Br)C([2H])([2H])S(=O)(=O)O. The lowest BCUT2D eigenvalue weighted by molar-refractivity contribution is 0.485. The summed E-state index contributed by atoms with van der Waals surface area (Å²) in [7, 11) is -5.05. The van der Waals surface area contributed by atoms with Crippen LogP contribution in [0.5, 0.6) is 0 Å². The van der Waals surface area contributed by atoms with Crippen molar-refractivity contribution >= 4 is 26.0 Å². The topological polar surface area (TPSA) is 54.4 Å². The molecule has 7 heavy (non-hydrogen) atoms. The Morgan fingerprint density at radius 3 is 2.29 bits per heavy atom. The molecule has 0 aliphatic carbocycles. The first-order chi connectivity index (χ1) is 4.50. The van der Waals surface area contributed by atoms with Crippen molar-refractivity contribution in [2.75, 3.05) is 11.0 Å². The van der Waals surface area contributed by atoms with E-state index in [1.165, 1.54) is 0 Å². The third kappa shape index (κ3) is 6.39. The zero-order valence-corrected chi connectivity index (χ0v) is 5.45. The van der Waals surface area contributed by atoms with Crippen LogP contribution in [-0.4, -0.2) is 24.0 Å². The molecule has 0 aliphatic heterocycles. The van der Waals surface area contributed by atoms with Crippen molar-refractivity contribution < 1.29 is 18.5 Å². The van der Waals surface area contributed by atoms with Gasteiger partial charge in [0, 0.05) is 10.8 Å². The molecule has 0 heterocycles. The fourth-order valence-electron chi connectivity index (χ4n) is 0.0487. The third-order valence-electron chi connectivity index (χ3n) is 0.168. The van der Waals surface area contributed by atoms with E-state index in [9.17, 15) is 8.42 Å². The van der Waals surface area contributed by atoms with Gasteiger partial charge in [-0.05, 0) is 0 Å². The first-order valence-corrected chi connectivity index (χ1v) is 3.39. The highest BCUT2D eigenvalue weighted by Crippen LogP contribution is 1.85. The molecule has 44 valence electrons. The van der Waals surface area contributed by atoms with Gasteiger partial charge in [0.05, 0.1) is 5.70 Å². The molecule has 0 rings (SSSR count). The minimum absolute atomic E-state index is 2.15. The minimum atomic E-state index is -5.05. The highest BCUT2D eigenvalue weighted by atomic mass is 79.9. The molecule has 0 aliphatic rings. The molecule has 0 unspecified atom stereocenters. The molecule has 3 nitrogen and oxygen atoms in total.